The van der Waals surface area contributed by atoms with Gasteiger partial charge in [0.1, 0.15) is 0 Å². The van der Waals surface area contributed by atoms with E-state index in [0.717, 1.165) is 32.1 Å². The summed E-state index contributed by atoms with van der Waals surface area (Å²) in [6, 6.07) is 0. The number of nitrogens with zero attached hydrogens (tertiary/aromatic N) is 1. The molecule has 0 spiro atoms. The Labute approximate surface area is 204 Å². The topological polar surface area (TPSA) is 32.6 Å². The quantitative estimate of drug-likeness (QED) is 0.429. The first-order chi connectivity index (χ1) is 15.0. The zero-order valence-electron chi connectivity index (χ0n) is 21.7. The van der Waals surface area contributed by atoms with Crippen molar-refractivity contribution >= 4 is 5.71 Å². The van der Waals surface area contributed by atoms with E-state index in [1.54, 1.807) is 11.1 Å². The van der Waals surface area contributed by atoms with Crippen molar-refractivity contribution in [1.82, 2.24) is 0 Å². The van der Waals surface area contributed by atoms with E-state index in [2.05, 4.69) is 60.3 Å². The molecule has 186 valence electrons. The lowest BCUT2D eigenvalue weighted by atomic mass is 9.48. The molecule has 8 atom stereocenters. The van der Waals surface area contributed by atoms with Gasteiger partial charge in [-0.3, -0.25) is 4.99 Å². The SMILES string of the molecule is C.C=C1C[C@H]2CC(O)CCC2(C)C2CCC3(C)C(=C12)C(=NC)CC3[C@H](C)/C=C/[C@H](C)C(C)C. The van der Waals surface area contributed by atoms with Crippen molar-refractivity contribution in [2.75, 3.05) is 7.05 Å². The molecule has 0 aromatic heterocycles. The highest BCUT2D eigenvalue weighted by Gasteiger charge is 2.58. The Kier molecular flexibility index (Phi) is 7.60. The predicted octanol–water partition coefficient (Wildman–Crippen LogP) is 8.04. The first-order valence-electron chi connectivity index (χ1n) is 13.3. The Balaban J connectivity index is 0.00000306. The van der Waals surface area contributed by atoms with Crippen LogP contribution in [0, 0.1) is 46.3 Å². The molecule has 2 heteroatoms. The Morgan fingerprint density at radius 1 is 1.06 bits per heavy atom. The van der Waals surface area contributed by atoms with Crippen molar-refractivity contribution in [2.45, 2.75) is 100 Å². The fraction of sp³-hybridized carbons (Fsp3) is 0.774. The van der Waals surface area contributed by atoms with Crippen molar-refractivity contribution < 1.29 is 5.11 Å². The van der Waals surface area contributed by atoms with Crippen LogP contribution < -0.4 is 0 Å². The third-order valence-electron chi connectivity index (χ3n) is 10.5. The molecule has 0 radical (unpaired) electrons. The standard InChI is InChI=1S/C30H47NO.CH4/c1-18(2)19(3)9-10-20(4)25-17-26(31-8)28-27-21(5)15-22-16-23(32)11-13-29(22,6)24(27)12-14-30(25,28)7;/h9-10,18-20,22-25,32H,5,11-17H2,1-4,6-8H3;1H4/b10-9+,31-26?;/t19-,20+,22-,23?,24?,25?,29?,30?;/m0./s1. The minimum absolute atomic E-state index is 0. The van der Waals surface area contributed by atoms with Gasteiger partial charge in [-0.15, -0.1) is 0 Å². The maximum Gasteiger partial charge on any atom is 0.0543 e. The molecule has 4 aliphatic carbocycles. The second-order valence-electron chi connectivity index (χ2n) is 12.6. The number of rotatable bonds is 4. The molecule has 3 fully saturated rings. The highest BCUT2D eigenvalue weighted by molar-refractivity contribution is 6.05. The zero-order valence-corrected chi connectivity index (χ0v) is 21.7. The second-order valence-corrected chi connectivity index (χ2v) is 12.6. The molecular formula is C31H51NO. The summed E-state index contributed by atoms with van der Waals surface area (Å²) in [5.74, 6) is 3.65. The summed E-state index contributed by atoms with van der Waals surface area (Å²) in [6.45, 7) is 19.1. The van der Waals surface area contributed by atoms with Crippen LogP contribution >= 0.6 is 0 Å². The van der Waals surface area contributed by atoms with Crippen LogP contribution in [0.1, 0.15) is 93.9 Å². The van der Waals surface area contributed by atoms with E-state index in [0.29, 0.717) is 40.9 Å². The fourth-order valence-electron chi connectivity index (χ4n) is 7.93. The highest BCUT2D eigenvalue weighted by Crippen LogP contribution is 2.66. The molecule has 0 heterocycles. The molecule has 0 bridgehead atoms. The third-order valence-corrected chi connectivity index (χ3v) is 10.5. The van der Waals surface area contributed by atoms with E-state index in [-0.39, 0.29) is 18.9 Å². The molecule has 0 amide bonds. The van der Waals surface area contributed by atoms with Gasteiger partial charge >= 0.3 is 0 Å². The Morgan fingerprint density at radius 2 is 1.76 bits per heavy atom. The average molecular weight is 454 g/mol. The second kappa shape index (κ2) is 9.48. The normalized spacial score (nSPS) is 41.6. The summed E-state index contributed by atoms with van der Waals surface area (Å²) < 4.78 is 0. The van der Waals surface area contributed by atoms with E-state index in [1.807, 2.05) is 7.05 Å². The third kappa shape index (κ3) is 4.24. The van der Waals surface area contributed by atoms with E-state index in [9.17, 15) is 5.11 Å². The van der Waals surface area contributed by atoms with Crippen LogP contribution in [0.15, 0.2) is 40.4 Å². The summed E-state index contributed by atoms with van der Waals surface area (Å²) in [4.78, 5) is 4.89. The lowest BCUT2D eigenvalue weighted by molar-refractivity contribution is -0.0275. The predicted molar refractivity (Wildman–Crippen MR) is 144 cm³/mol. The summed E-state index contributed by atoms with van der Waals surface area (Å²) in [7, 11) is 2.00. The van der Waals surface area contributed by atoms with E-state index < -0.39 is 0 Å². The van der Waals surface area contributed by atoms with Crippen LogP contribution in [-0.2, 0) is 0 Å². The summed E-state index contributed by atoms with van der Waals surface area (Å²) in [6.07, 6.45) is 12.6. The summed E-state index contributed by atoms with van der Waals surface area (Å²) in [5, 5.41) is 10.4. The molecule has 4 aliphatic rings. The number of allylic oxidation sites excluding steroid dienone is 5. The van der Waals surface area contributed by atoms with Gasteiger partial charge in [0.15, 0.2) is 0 Å². The van der Waals surface area contributed by atoms with Crippen molar-refractivity contribution in [3.63, 3.8) is 0 Å². The molecule has 1 N–H and O–H groups in total. The van der Waals surface area contributed by atoms with Crippen molar-refractivity contribution in [3.05, 3.63) is 35.5 Å². The molecule has 2 nitrogen and oxygen atoms in total. The van der Waals surface area contributed by atoms with Crippen molar-refractivity contribution in [2.24, 2.45) is 51.3 Å². The van der Waals surface area contributed by atoms with Crippen LogP contribution in [0.25, 0.3) is 0 Å². The number of aliphatic hydroxyl groups excluding tert-OH is 1. The summed E-state index contributed by atoms with van der Waals surface area (Å²) >= 11 is 0. The van der Waals surface area contributed by atoms with Crippen molar-refractivity contribution in [1.29, 1.82) is 0 Å². The van der Waals surface area contributed by atoms with Crippen LogP contribution in [0.4, 0.5) is 0 Å². The van der Waals surface area contributed by atoms with Gasteiger partial charge < -0.3 is 5.11 Å². The number of aliphatic hydroxyl groups is 1. The van der Waals surface area contributed by atoms with Crippen LogP contribution in [0.2, 0.25) is 0 Å². The van der Waals surface area contributed by atoms with Gasteiger partial charge in [-0.25, -0.2) is 0 Å². The van der Waals surface area contributed by atoms with Gasteiger partial charge in [0.25, 0.3) is 0 Å². The Hall–Kier alpha value is -1.15. The number of hydrogen-bond donors (Lipinski definition) is 1. The van der Waals surface area contributed by atoms with Gasteiger partial charge in [-0.1, -0.05) is 73.3 Å². The molecule has 33 heavy (non-hydrogen) atoms. The Morgan fingerprint density at radius 3 is 2.39 bits per heavy atom. The monoisotopic (exact) mass is 453 g/mol. The van der Waals surface area contributed by atoms with Crippen molar-refractivity contribution in [3.8, 4) is 0 Å². The van der Waals surface area contributed by atoms with Gasteiger partial charge in [0, 0.05) is 12.8 Å². The minimum Gasteiger partial charge on any atom is -0.393 e. The molecule has 0 aromatic rings. The molecule has 0 aromatic carbocycles. The van der Waals surface area contributed by atoms with Gasteiger partial charge in [-0.2, -0.15) is 0 Å². The maximum absolute atomic E-state index is 10.4. The first kappa shape index (κ1) is 26.5. The van der Waals surface area contributed by atoms with E-state index in [1.165, 1.54) is 24.1 Å². The van der Waals surface area contributed by atoms with Crippen LogP contribution in [0.3, 0.4) is 0 Å². The fourth-order valence-corrected chi connectivity index (χ4v) is 7.93. The van der Waals surface area contributed by atoms with Crippen LogP contribution in [0.5, 0.6) is 0 Å². The lowest BCUT2D eigenvalue weighted by Gasteiger charge is -2.57. The molecule has 5 unspecified atom stereocenters. The molecule has 0 aliphatic heterocycles. The molecule has 4 rings (SSSR count). The lowest BCUT2D eigenvalue weighted by Crippen LogP contribution is -2.49. The number of aliphatic imine (C=N–C) groups is 1. The largest absolute Gasteiger partial charge is 0.393 e. The zero-order chi connectivity index (χ0) is 23.4. The maximum atomic E-state index is 10.4. The van der Waals surface area contributed by atoms with Gasteiger partial charge in [-0.05, 0) is 102 Å². The smallest absolute Gasteiger partial charge is 0.0543 e. The Bertz CT molecular complexity index is 847. The molecular weight excluding hydrogens is 402 g/mol. The summed E-state index contributed by atoms with van der Waals surface area (Å²) in [5.41, 5.74) is 6.38. The van der Waals surface area contributed by atoms with Crippen LogP contribution in [-0.4, -0.2) is 24.0 Å². The van der Waals surface area contributed by atoms with E-state index >= 15 is 0 Å². The first-order valence-corrected chi connectivity index (χ1v) is 13.3. The minimum atomic E-state index is -0.117. The highest BCUT2D eigenvalue weighted by atomic mass is 16.3. The average Bonchev–Trinajstić information content (AvgIpc) is 3.05. The number of fused-ring (bicyclic) bond motifs is 4. The number of hydrogen-bond acceptors (Lipinski definition) is 2. The molecule has 0 saturated heterocycles. The van der Waals surface area contributed by atoms with Gasteiger partial charge in [0.2, 0.25) is 0 Å². The van der Waals surface area contributed by atoms with E-state index in [4.69, 9.17) is 4.99 Å². The molecule has 3 saturated carbocycles. The van der Waals surface area contributed by atoms with Gasteiger partial charge in [0.05, 0.1) is 6.10 Å².